The second kappa shape index (κ2) is 14.5. The molecule has 0 N–H and O–H groups in total. The molecule has 0 aliphatic carbocycles. The zero-order chi connectivity index (χ0) is 44.0. The Morgan fingerprint density at radius 1 is 0.410 bits per heavy atom. The van der Waals surface area contributed by atoms with Gasteiger partial charge in [0.25, 0.3) is 0 Å². The summed E-state index contributed by atoms with van der Waals surface area (Å²) in [7, 11) is 0. The quantitative estimate of drug-likeness (QED) is 0.173. The van der Waals surface area contributed by atoms with Gasteiger partial charge in [-0.05, 0) is 128 Å². The standard InChI is InChI=1S/C56H66N4O/c1-52(2,3)36-16-20-41(21-17-36)58-35-59(48-25-19-38(31-50(48)58)54(7,8)9)42-28-40(56(13,14)15)29-44(33-42)61-43-22-23-45-46-30-37(53(4,5)6)18-24-47(46)60(49(45)34-43)51-32-39(26-27-57-51)55(10,11)12/h16-34H,35H2,1-15H3. The third kappa shape index (κ3) is 8.16. The van der Waals surface area contributed by atoms with E-state index in [1.807, 2.05) is 6.20 Å². The lowest BCUT2D eigenvalue weighted by atomic mass is 9.86. The average molecular weight is 811 g/mol. The van der Waals surface area contributed by atoms with Crippen LogP contribution in [-0.2, 0) is 27.1 Å². The van der Waals surface area contributed by atoms with Crippen molar-refractivity contribution in [3.8, 4) is 17.3 Å². The monoisotopic (exact) mass is 811 g/mol. The Kier molecular flexibility index (Phi) is 10.0. The van der Waals surface area contributed by atoms with Crippen molar-refractivity contribution >= 4 is 44.6 Å². The van der Waals surface area contributed by atoms with Crippen LogP contribution >= 0.6 is 0 Å². The highest BCUT2D eigenvalue weighted by atomic mass is 16.5. The second-order valence-corrected chi connectivity index (χ2v) is 22.5. The van der Waals surface area contributed by atoms with Gasteiger partial charge in [0.15, 0.2) is 0 Å². The van der Waals surface area contributed by atoms with E-state index in [9.17, 15) is 0 Å². The molecule has 0 atom stereocenters. The first-order chi connectivity index (χ1) is 28.4. The Morgan fingerprint density at radius 2 is 0.984 bits per heavy atom. The van der Waals surface area contributed by atoms with E-state index < -0.39 is 0 Å². The van der Waals surface area contributed by atoms with Gasteiger partial charge in [-0.1, -0.05) is 128 Å². The molecule has 8 rings (SSSR count). The summed E-state index contributed by atoms with van der Waals surface area (Å²) in [5.74, 6) is 2.51. The first-order valence-electron chi connectivity index (χ1n) is 22.1. The molecule has 0 saturated heterocycles. The SMILES string of the molecule is CC(C)(C)c1ccc(N2CN(c3cc(Oc4ccc5c6cc(C(C)(C)C)ccc6n(-c6cc(C(C)(C)C)ccn6)c5c4)cc(C(C)(C)C)c3)c3ccc(C(C)(C)C)cc32)cc1. The highest BCUT2D eigenvalue weighted by Crippen LogP contribution is 2.48. The van der Waals surface area contributed by atoms with Gasteiger partial charge in [0, 0.05) is 40.5 Å². The zero-order valence-corrected chi connectivity index (χ0v) is 39.4. The molecule has 3 heterocycles. The maximum absolute atomic E-state index is 7.00. The summed E-state index contributed by atoms with van der Waals surface area (Å²) >= 11 is 0. The van der Waals surface area contributed by atoms with Gasteiger partial charge >= 0.3 is 0 Å². The van der Waals surface area contributed by atoms with Crippen molar-refractivity contribution in [2.45, 2.75) is 131 Å². The van der Waals surface area contributed by atoms with E-state index >= 15 is 0 Å². The number of fused-ring (bicyclic) bond motifs is 4. The van der Waals surface area contributed by atoms with Gasteiger partial charge < -0.3 is 14.5 Å². The van der Waals surface area contributed by atoms with E-state index in [0.717, 1.165) is 34.0 Å². The van der Waals surface area contributed by atoms with Crippen molar-refractivity contribution in [2.24, 2.45) is 0 Å². The number of benzene rings is 5. The van der Waals surface area contributed by atoms with E-state index in [2.05, 4.69) is 227 Å². The summed E-state index contributed by atoms with van der Waals surface area (Å²) in [4.78, 5) is 9.88. The molecule has 0 amide bonds. The fraction of sp³-hybridized carbons (Fsp3) is 0.375. The van der Waals surface area contributed by atoms with Crippen LogP contribution in [0.15, 0.2) is 115 Å². The number of nitrogens with zero attached hydrogens (tertiary/aromatic N) is 4. The molecule has 0 fully saturated rings. The molecule has 0 radical (unpaired) electrons. The molecule has 0 bridgehead atoms. The van der Waals surface area contributed by atoms with Crippen LogP contribution in [0.5, 0.6) is 11.5 Å². The first kappa shape index (κ1) is 42.2. The topological polar surface area (TPSA) is 33.5 Å². The van der Waals surface area contributed by atoms with Crippen molar-refractivity contribution in [1.82, 2.24) is 9.55 Å². The zero-order valence-electron chi connectivity index (χ0n) is 39.4. The molecule has 0 spiro atoms. The smallest absolute Gasteiger partial charge is 0.137 e. The van der Waals surface area contributed by atoms with Crippen LogP contribution in [0.3, 0.4) is 0 Å². The maximum atomic E-state index is 7.00. The molecule has 0 unspecified atom stereocenters. The molecule has 5 aromatic carbocycles. The number of hydrogen-bond acceptors (Lipinski definition) is 4. The van der Waals surface area contributed by atoms with Crippen LogP contribution in [0.4, 0.5) is 22.7 Å². The van der Waals surface area contributed by atoms with Crippen molar-refractivity contribution < 1.29 is 4.74 Å². The van der Waals surface area contributed by atoms with Gasteiger partial charge in [0.05, 0.1) is 22.4 Å². The molecule has 1 aliphatic heterocycles. The summed E-state index contributed by atoms with van der Waals surface area (Å²) in [5, 5.41) is 2.40. The lowest BCUT2D eigenvalue weighted by Crippen LogP contribution is -2.24. The van der Waals surface area contributed by atoms with E-state index in [0.29, 0.717) is 6.67 Å². The minimum Gasteiger partial charge on any atom is -0.457 e. The largest absolute Gasteiger partial charge is 0.457 e. The third-order valence-electron chi connectivity index (χ3n) is 12.5. The van der Waals surface area contributed by atoms with Gasteiger partial charge in [-0.25, -0.2) is 4.98 Å². The molecule has 0 saturated carbocycles. The summed E-state index contributed by atoms with van der Waals surface area (Å²) in [6, 6.07) is 40.7. The van der Waals surface area contributed by atoms with Crippen LogP contribution in [0.25, 0.3) is 27.6 Å². The molecular weight excluding hydrogens is 745 g/mol. The molecule has 5 heteroatoms. The fourth-order valence-corrected chi connectivity index (χ4v) is 8.46. The lowest BCUT2D eigenvalue weighted by molar-refractivity contribution is 0.479. The maximum Gasteiger partial charge on any atom is 0.137 e. The van der Waals surface area contributed by atoms with Crippen LogP contribution in [0.2, 0.25) is 0 Å². The van der Waals surface area contributed by atoms with E-state index in [1.54, 1.807) is 0 Å². The molecule has 2 aromatic heterocycles. The van der Waals surface area contributed by atoms with Crippen molar-refractivity contribution in [2.75, 3.05) is 16.5 Å². The predicted octanol–water partition coefficient (Wildman–Crippen LogP) is 15.7. The summed E-state index contributed by atoms with van der Waals surface area (Å²) in [6.45, 7) is 34.8. The number of pyridine rings is 1. The molecule has 1 aliphatic rings. The summed E-state index contributed by atoms with van der Waals surface area (Å²) < 4.78 is 9.31. The highest BCUT2D eigenvalue weighted by molar-refractivity contribution is 6.09. The molecule has 316 valence electrons. The van der Waals surface area contributed by atoms with Crippen LogP contribution in [-0.4, -0.2) is 16.2 Å². The van der Waals surface area contributed by atoms with Gasteiger partial charge in [-0.15, -0.1) is 0 Å². The minimum atomic E-state index is -0.111. The lowest BCUT2D eigenvalue weighted by Gasteiger charge is -2.26. The number of aromatic nitrogens is 2. The number of rotatable bonds is 5. The van der Waals surface area contributed by atoms with Crippen molar-refractivity contribution in [3.63, 3.8) is 0 Å². The van der Waals surface area contributed by atoms with Crippen LogP contribution < -0.4 is 14.5 Å². The molecule has 61 heavy (non-hydrogen) atoms. The number of hydrogen-bond donors (Lipinski definition) is 0. The first-order valence-corrected chi connectivity index (χ1v) is 22.1. The minimum absolute atomic E-state index is 0.0153. The van der Waals surface area contributed by atoms with E-state index in [4.69, 9.17) is 9.72 Å². The van der Waals surface area contributed by atoms with E-state index in [-0.39, 0.29) is 27.1 Å². The normalized spacial score (nSPS) is 14.0. The number of anilines is 4. The van der Waals surface area contributed by atoms with Crippen LogP contribution in [0.1, 0.15) is 132 Å². The Balaban J connectivity index is 1.25. The summed E-state index contributed by atoms with van der Waals surface area (Å²) in [5.41, 5.74) is 13.3. The average Bonchev–Trinajstić information content (AvgIpc) is 3.71. The third-order valence-corrected chi connectivity index (χ3v) is 12.5. The second-order valence-electron chi connectivity index (χ2n) is 22.5. The predicted molar refractivity (Wildman–Crippen MR) is 261 cm³/mol. The van der Waals surface area contributed by atoms with Gasteiger partial charge in [-0.3, -0.25) is 4.57 Å². The van der Waals surface area contributed by atoms with Crippen molar-refractivity contribution in [1.29, 1.82) is 0 Å². The molecule has 7 aromatic rings. The van der Waals surface area contributed by atoms with Crippen molar-refractivity contribution in [3.05, 3.63) is 143 Å². The molecule has 5 nitrogen and oxygen atoms in total. The Hall–Kier alpha value is -5.55. The van der Waals surface area contributed by atoms with Gasteiger partial charge in [0.1, 0.15) is 24.0 Å². The van der Waals surface area contributed by atoms with Gasteiger partial charge in [-0.2, -0.15) is 0 Å². The Labute approximate surface area is 365 Å². The fourth-order valence-electron chi connectivity index (χ4n) is 8.46. The Bertz CT molecular complexity index is 2770. The van der Waals surface area contributed by atoms with Gasteiger partial charge in [0.2, 0.25) is 0 Å². The number of ether oxygens (including phenoxy) is 1. The Morgan fingerprint density at radius 3 is 1.62 bits per heavy atom. The highest BCUT2D eigenvalue weighted by Gasteiger charge is 2.32. The van der Waals surface area contributed by atoms with Crippen LogP contribution in [0, 0.1) is 0 Å². The molecular formula is C56H66N4O. The summed E-state index contributed by atoms with van der Waals surface area (Å²) in [6.07, 6.45) is 1.94. The van der Waals surface area contributed by atoms with E-state index in [1.165, 1.54) is 55.7 Å².